The Labute approximate surface area is 143 Å². The van der Waals surface area contributed by atoms with Gasteiger partial charge in [-0.15, -0.1) is 11.8 Å². The number of rotatable bonds is 5. The quantitative estimate of drug-likeness (QED) is 0.872. The number of methoxy groups -OCH3 is 3. The average Bonchev–Trinajstić information content (AvgIpc) is 2.59. The van der Waals surface area contributed by atoms with Crippen LogP contribution in [0.2, 0.25) is 0 Å². The summed E-state index contributed by atoms with van der Waals surface area (Å²) in [5.74, 6) is 1.13. The van der Waals surface area contributed by atoms with E-state index in [0.717, 1.165) is 5.56 Å². The third-order valence-corrected chi connectivity index (χ3v) is 5.61. The first-order chi connectivity index (χ1) is 11.1. The van der Waals surface area contributed by atoms with Crippen molar-refractivity contribution in [3.8, 4) is 23.3 Å². The monoisotopic (exact) mass is 352 g/mol. The summed E-state index contributed by atoms with van der Waals surface area (Å²) < 4.78 is 16.7. The van der Waals surface area contributed by atoms with Crippen molar-refractivity contribution in [1.82, 2.24) is 5.32 Å². The molecular formula is C15H16N2O4S2. The van der Waals surface area contributed by atoms with Gasteiger partial charge in [0, 0.05) is 0 Å². The van der Waals surface area contributed by atoms with Gasteiger partial charge in [-0.05, 0) is 24.0 Å². The van der Waals surface area contributed by atoms with E-state index in [2.05, 4.69) is 5.32 Å². The van der Waals surface area contributed by atoms with E-state index in [4.69, 9.17) is 19.5 Å². The van der Waals surface area contributed by atoms with Gasteiger partial charge < -0.3 is 19.5 Å². The number of nitrogens with one attached hydrogen (secondary N) is 1. The van der Waals surface area contributed by atoms with Gasteiger partial charge in [0.15, 0.2) is 11.5 Å². The molecule has 23 heavy (non-hydrogen) atoms. The zero-order chi connectivity index (χ0) is 17.0. The summed E-state index contributed by atoms with van der Waals surface area (Å²) in [5, 5.41) is 11.6. The molecule has 0 spiro atoms. The highest BCUT2D eigenvalue weighted by atomic mass is 32.2. The molecule has 122 valence electrons. The molecule has 1 aromatic carbocycles. The van der Waals surface area contributed by atoms with Crippen LogP contribution in [0.1, 0.15) is 10.9 Å². The van der Waals surface area contributed by atoms with Gasteiger partial charge in [-0.1, -0.05) is 11.8 Å². The fourth-order valence-corrected chi connectivity index (χ4v) is 4.05. The van der Waals surface area contributed by atoms with Crippen molar-refractivity contribution in [2.45, 2.75) is 5.37 Å². The molecule has 6 nitrogen and oxygen atoms in total. The molecule has 0 aromatic heterocycles. The number of carbonyl (C=O) groups excluding carboxylic acids is 1. The second-order valence-corrected chi connectivity index (χ2v) is 6.60. The van der Waals surface area contributed by atoms with Crippen LogP contribution in [0.3, 0.4) is 0 Å². The van der Waals surface area contributed by atoms with E-state index < -0.39 is 0 Å². The smallest absolute Gasteiger partial charge is 0.264 e. The van der Waals surface area contributed by atoms with Crippen molar-refractivity contribution in [3.63, 3.8) is 0 Å². The summed E-state index contributed by atoms with van der Waals surface area (Å²) in [6.45, 7) is 0. The van der Waals surface area contributed by atoms with E-state index in [9.17, 15) is 4.79 Å². The predicted molar refractivity (Wildman–Crippen MR) is 90.7 cm³/mol. The molecule has 1 aliphatic heterocycles. The molecule has 1 N–H and O–H groups in total. The molecule has 1 aliphatic rings. The predicted octanol–water partition coefficient (Wildman–Crippen LogP) is 2.67. The highest BCUT2D eigenvalue weighted by molar-refractivity contribution is 8.22. The van der Waals surface area contributed by atoms with E-state index in [1.165, 1.54) is 44.9 Å². The number of amides is 1. The maximum atomic E-state index is 12.1. The summed E-state index contributed by atoms with van der Waals surface area (Å²) in [4.78, 5) is 12.1. The Bertz CT molecular complexity index is 672. The van der Waals surface area contributed by atoms with E-state index in [0.29, 0.717) is 21.5 Å². The van der Waals surface area contributed by atoms with Crippen molar-refractivity contribution >= 4 is 29.4 Å². The fraction of sp³-hybridized carbons (Fsp3) is 0.333. The first kappa shape index (κ1) is 17.4. The van der Waals surface area contributed by atoms with Crippen molar-refractivity contribution in [1.29, 1.82) is 5.26 Å². The topological polar surface area (TPSA) is 80.6 Å². The van der Waals surface area contributed by atoms with Crippen LogP contribution < -0.4 is 19.5 Å². The molecule has 1 atom stereocenters. The van der Waals surface area contributed by atoms with Crippen LogP contribution in [0, 0.1) is 11.3 Å². The van der Waals surface area contributed by atoms with Crippen LogP contribution >= 0.6 is 23.5 Å². The fourth-order valence-electron chi connectivity index (χ4n) is 2.13. The third kappa shape index (κ3) is 3.35. The zero-order valence-corrected chi connectivity index (χ0v) is 14.8. The number of thioether (sulfide) groups is 2. The number of ether oxygens (including phenoxy) is 3. The number of benzene rings is 1. The van der Waals surface area contributed by atoms with Gasteiger partial charge in [0.2, 0.25) is 5.75 Å². The van der Waals surface area contributed by atoms with Crippen LogP contribution in [-0.2, 0) is 4.79 Å². The van der Waals surface area contributed by atoms with E-state index in [1.54, 1.807) is 12.1 Å². The van der Waals surface area contributed by atoms with Crippen LogP contribution in [0.25, 0.3) is 0 Å². The number of nitrogens with zero attached hydrogens (tertiary/aromatic N) is 1. The lowest BCUT2D eigenvalue weighted by Gasteiger charge is -2.25. The molecule has 1 aromatic rings. The molecule has 0 radical (unpaired) electrons. The van der Waals surface area contributed by atoms with Crippen LogP contribution in [-0.4, -0.2) is 33.5 Å². The van der Waals surface area contributed by atoms with Gasteiger partial charge in [-0.25, -0.2) is 0 Å². The highest BCUT2D eigenvalue weighted by Crippen LogP contribution is 2.46. The first-order valence-electron chi connectivity index (χ1n) is 6.55. The number of hydrogen-bond acceptors (Lipinski definition) is 7. The standard InChI is InChI=1S/C15H16N2O4S2/c1-19-10-5-8(6-11(20-2)12(10)21-3)14-17-13(18)9(7-16)15(22-4)23-14/h5-6,14H,1-4H3,(H,17,18)/t14-/m1/s1. The van der Waals surface area contributed by atoms with Gasteiger partial charge in [0.05, 0.1) is 25.6 Å². The van der Waals surface area contributed by atoms with Gasteiger partial charge in [-0.2, -0.15) is 5.26 Å². The number of hydrogen-bond donors (Lipinski definition) is 1. The minimum absolute atomic E-state index is 0.145. The Morgan fingerprint density at radius 2 is 1.83 bits per heavy atom. The summed E-state index contributed by atoms with van der Waals surface area (Å²) in [6.07, 6.45) is 1.84. The Kier molecular flexibility index (Phi) is 5.69. The van der Waals surface area contributed by atoms with Gasteiger partial charge in [0.25, 0.3) is 5.91 Å². The summed E-state index contributed by atoms with van der Waals surface area (Å²) in [5.41, 5.74) is 0.938. The lowest BCUT2D eigenvalue weighted by molar-refractivity contribution is -0.117. The third-order valence-electron chi connectivity index (χ3n) is 3.21. The van der Waals surface area contributed by atoms with Crippen molar-refractivity contribution in [2.75, 3.05) is 27.6 Å². The van der Waals surface area contributed by atoms with Crippen molar-refractivity contribution < 1.29 is 19.0 Å². The minimum Gasteiger partial charge on any atom is -0.493 e. The molecule has 0 aliphatic carbocycles. The Hall–Kier alpha value is -1.98. The zero-order valence-electron chi connectivity index (χ0n) is 13.1. The van der Waals surface area contributed by atoms with Crippen molar-refractivity contribution in [3.05, 3.63) is 27.5 Å². The summed E-state index contributed by atoms with van der Waals surface area (Å²) in [7, 11) is 4.61. The molecule has 8 heteroatoms. The molecular weight excluding hydrogens is 336 g/mol. The van der Waals surface area contributed by atoms with Gasteiger partial charge >= 0.3 is 0 Å². The lowest BCUT2D eigenvalue weighted by atomic mass is 10.1. The molecule has 0 fully saturated rings. The highest BCUT2D eigenvalue weighted by Gasteiger charge is 2.30. The van der Waals surface area contributed by atoms with Crippen LogP contribution in [0.5, 0.6) is 17.2 Å². The van der Waals surface area contributed by atoms with Crippen LogP contribution in [0.15, 0.2) is 21.9 Å². The average molecular weight is 352 g/mol. The summed E-state index contributed by atoms with van der Waals surface area (Å²) in [6, 6.07) is 5.52. The molecule has 0 saturated carbocycles. The SMILES string of the molecule is COc1cc([C@@H]2NC(=O)C(C#N)=C(SC)S2)cc(OC)c1OC. The molecule has 2 rings (SSSR count). The maximum Gasteiger partial charge on any atom is 0.264 e. The summed E-state index contributed by atoms with van der Waals surface area (Å²) >= 11 is 2.79. The minimum atomic E-state index is -0.380. The number of nitriles is 1. The number of carbonyl (C=O) groups is 1. The van der Waals surface area contributed by atoms with E-state index in [-0.39, 0.29) is 16.9 Å². The Balaban J connectivity index is 2.46. The van der Waals surface area contributed by atoms with E-state index in [1.807, 2.05) is 12.3 Å². The van der Waals surface area contributed by atoms with Crippen molar-refractivity contribution in [2.24, 2.45) is 0 Å². The Morgan fingerprint density at radius 3 is 2.26 bits per heavy atom. The molecule has 0 unspecified atom stereocenters. The van der Waals surface area contributed by atoms with Gasteiger partial charge in [0.1, 0.15) is 17.0 Å². The van der Waals surface area contributed by atoms with Crippen LogP contribution in [0.4, 0.5) is 0 Å². The second kappa shape index (κ2) is 7.53. The molecule has 0 bridgehead atoms. The van der Waals surface area contributed by atoms with E-state index >= 15 is 0 Å². The van der Waals surface area contributed by atoms with Gasteiger partial charge in [-0.3, -0.25) is 4.79 Å². The normalized spacial score (nSPS) is 17.3. The lowest BCUT2D eigenvalue weighted by Crippen LogP contribution is -2.31. The maximum absolute atomic E-state index is 12.1. The second-order valence-electron chi connectivity index (χ2n) is 4.41. The first-order valence-corrected chi connectivity index (χ1v) is 8.65. The molecule has 1 amide bonds. The Morgan fingerprint density at radius 1 is 1.22 bits per heavy atom. The molecule has 1 heterocycles. The largest absolute Gasteiger partial charge is 0.493 e. The molecule has 0 saturated heterocycles.